The second-order valence-corrected chi connectivity index (χ2v) is 5.90. The van der Waals surface area contributed by atoms with Crippen molar-refractivity contribution < 1.29 is 24.4 Å². The lowest BCUT2D eigenvalue weighted by atomic mass is 9.93. The Morgan fingerprint density at radius 1 is 1.19 bits per heavy atom. The number of nitro benzene ring substituents is 1. The van der Waals surface area contributed by atoms with Crippen LogP contribution in [0.15, 0.2) is 48.5 Å². The fourth-order valence-electron chi connectivity index (χ4n) is 2.99. The third-order valence-corrected chi connectivity index (χ3v) is 4.28. The molecular formula is C18H16N2O6. The molecular weight excluding hydrogens is 340 g/mol. The van der Waals surface area contributed by atoms with Gasteiger partial charge in [0.15, 0.2) is 0 Å². The van der Waals surface area contributed by atoms with Crippen molar-refractivity contribution in [3.8, 4) is 0 Å². The van der Waals surface area contributed by atoms with Gasteiger partial charge in [-0.05, 0) is 11.1 Å². The van der Waals surface area contributed by atoms with Crippen molar-refractivity contribution in [2.45, 2.75) is 25.6 Å². The maximum atomic E-state index is 12.4. The molecule has 134 valence electrons. The molecule has 1 heterocycles. The average Bonchev–Trinajstić information content (AvgIpc) is 2.65. The zero-order valence-corrected chi connectivity index (χ0v) is 13.7. The average molecular weight is 356 g/mol. The Balaban J connectivity index is 1.82. The van der Waals surface area contributed by atoms with Crippen molar-refractivity contribution in [3.05, 3.63) is 75.3 Å². The SMILES string of the molecule is O=C(O)C1Cc2c(cccc2[N+](=O)[O-])CN1C(=O)OCc1ccccc1. The maximum absolute atomic E-state index is 12.4. The number of fused-ring (bicyclic) bond motifs is 1. The normalized spacial score (nSPS) is 15.8. The summed E-state index contributed by atoms with van der Waals surface area (Å²) in [6.45, 7) is -0.0358. The number of rotatable bonds is 4. The minimum absolute atomic E-state index is 0.0182. The van der Waals surface area contributed by atoms with Crippen molar-refractivity contribution in [3.63, 3.8) is 0 Å². The Morgan fingerprint density at radius 2 is 1.92 bits per heavy atom. The summed E-state index contributed by atoms with van der Waals surface area (Å²) in [4.78, 5) is 35.8. The smallest absolute Gasteiger partial charge is 0.411 e. The fraction of sp³-hybridized carbons (Fsp3) is 0.222. The molecule has 0 fully saturated rings. The van der Waals surface area contributed by atoms with Gasteiger partial charge in [0.05, 0.1) is 11.5 Å². The van der Waals surface area contributed by atoms with Gasteiger partial charge in [0.2, 0.25) is 0 Å². The Hall–Kier alpha value is -3.42. The van der Waals surface area contributed by atoms with E-state index in [0.29, 0.717) is 11.1 Å². The van der Waals surface area contributed by atoms with E-state index in [1.807, 2.05) is 6.07 Å². The highest BCUT2D eigenvalue weighted by atomic mass is 16.6. The number of amides is 1. The van der Waals surface area contributed by atoms with Crippen LogP contribution in [-0.2, 0) is 29.1 Å². The van der Waals surface area contributed by atoms with Crippen LogP contribution in [0.25, 0.3) is 0 Å². The summed E-state index contributed by atoms with van der Waals surface area (Å²) in [5.74, 6) is -1.23. The van der Waals surface area contributed by atoms with Crippen LogP contribution in [0.2, 0.25) is 0 Å². The molecule has 0 radical (unpaired) electrons. The van der Waals surface area contributed by atoms with Gasteiger partial charge in [0.25, 0.3) is 5.69 Å². The summed E-state index contributed by atoms with van der Waals surface area (Å²) in [5, 5.41) is 20.7. The van der Waals surface area contributed by atoms with E-state index in [9.17, 15) is 24.8 Å². The van der Waals surface area contributed by atoms with Crippen LogP contribution in [-0.4, -0.2) is 33.0 Å². The largest absolute Gasteiger partial charge is 0.480 e. The molecule has 1 aliphatic rings. The molecule has 2 aromatic rings. The summed E-state index contributed by atoms with van der Waals surface area (Å²) in [5.41, 5.74) is 1.54. The van der Waals surface area contributed by atoms with E-state index in [4.69, 9.17) is 4.74 Å². The standard InChI is InChI=1S/C18H16N2O6/c21-17(22)16-9-14-13(7-4-8-15(14)20(24)25)10-19(16)18(23)26-11-12-5-2-1-3-6-12/h1-8,16H,9-11H2,(H,21,22). The fourth-order valence-corrected chi connectivity index (χ4v) is 2.99. The van der Waals surface area contributed by atoms with Gasteiger partial charge in [-0.1, -0.05) is 42.5 Å². The first-order valence-corrected chi connectivity index (χ1v) is 7.92. The lowest BCUT2D eigenvalue weighted by Crippen LogP contribution is -2.48. The number of hydrogen-bond donors (Lipinski definition) is 1. The van der Waals surface area contributed by atoms with Crippen LogP contribution >= 0.6 is 0 Å². The molecule has 0 bridgehead atoms. The number of nitrogens with zero attached hydrogens (tertiary/aromatic N) is 2. The van der Waals surface area contributed by atoms with Gasteiger partial charge in [0, 0.05) is 18.1 Å². The first kappa shape index (κ1) is 17.4. The Kier molecular flexibility index (Phi) is 4.83. The molecule has 1 atom stereocenters. The molecule has 0 aromatic heterocycles. The van der Waals surface area contributed by atoms with E-state index in [1.54, 1.807) is 30.3 Å². The van der Waals surface area contributed by atoms with E-state index in [-0.39, 0.29) is 25.3 Å². The molecule has 8 nitrogen and oxygen atoms in total. The zero-order valence-electron chi connectivity index (χ0n) is 13.7. The van der Waals surface area contributed by atoms with Gasteiger partial charge in [0.1, 0.15) is 12.6 Å². The van der Waals surface area contributed by atoms with Crippen LogP contribution < -0.4 is 0 Å². The number of carboxylic acids is 1. The summed E-state index contributed by atoms with van der Waals surface area (Å²) in [6.07, 6.45) is -0.902. The van der Waals surface area contributed by atoms with E-state index in [0.717, 1.165) is 10.5 Å². The lowest BCUT2D eigenvalue weighted by Gasteiger charge is -2.33. The van der Waals surface area contributed by atoms with Crippen LogP contribution in [0.4, 0.5) is 10.5 Å². The Labute approximate surface area is 148 Å². The van der Waals surface area contributed by atoms with E-state index >= 15 is 0 Å². The lowest BCUT2D eigenvalue weighted by molar-refractivity contribution is -0.385. The molecule has 0 spiro atoms. The number of carboxylic acid groups (broad SMARTS) is 1. The third kappa shape index (κ3) is 3.49. The van der Waals surface area contributed by atoms with Crippen molar-refractivity contribution >= 4 is 17.7 Å². The predicted molar refractivity (Wildman–Crippen MR) is 90.4 cm³/mol. The van der Waals surface area contributed by atoms with Crippen LogP contribution in [0.3, 0.4) is 0 Å². The molecule has 0 saturated carbocycles. The van der Waals surface area contributed by atoms with E-state index in [1.165, 1.54) is 12.1 Å². The van der Waals surface area contributed by atoms with E-state index < -0.39 is 23.0 Å². The number of aliphatic carboxylic acids is 1. The topological polar surface area (TPSA) is 110 Å². The quantitative estimate of drug-likeness (QED) is 0.666. The molecule has 0 saturated heterocycles. The highest BCUT2D eigenvalue weighted by Gasteiger charge is 2.38. The molecule has 1 N–H and O–H groups in total. The zero-order chi connectivity index (χ0) is 18.7. The van der Waals surface area contributed by atoms with Gasteiger partial charge in [-0.2, -0.15) is 0 Å². The van der Waals surface area contributed by atoms with Gasteiger partial charge in [-0.15, -0.1) is 0 Å². The predicted octanol–water partition coefficient (Wildman–Crippen LogP) is 2.74. The maximum Gasteiger partial charge on any atom is 0.411 e. The van der Waals surface area contributed by atoms with Gasteiger partial charge < -0.3 is 9.84 Å². The van der Waals surface area contributed by atoms with Crippen molar-refractivity contribution in [2.75, 3.05) is 0 Å². The highest BCUT2D eigenvalue weighted by molar-refractivity contribution is 5.81. The summed E-state index contributed by atoms with van der Waals surface area (Å²) in [6, 6.07) is 12.3. The van der Waals surface area contributed by atoms with Crippen LogP contribution in [0.5, 0.6) is 0 Å². The minimum atomic E-state index is -1.23. The summed E-state index contributed by atoms with van der Waals surface area (Å²) >= 11 is 0. The number of nitro groups is 1. The summed E-state index contributed by atoms with van der Waals surface area (Å²) < 4.78 is 5.23. The van der Waals surface area contributed by atoms with Gasteiger partial charge in [-0.3, -0.25) is 15.0 Å². The second-order valence-electron chi connectivity index (χ2n) is 5.90. The van der Waals surface area contributed by atoms with Crippen LogP contribution in [0, 0.1) is 10.1 Å². The number of benzene rings is 2. The number of ether oxygens (including phenoxy) is 1. The van der Waals surface area contributed by atoms with Crippen molar-refractivity contribution in [1.29, 1.82) is 0 Å². The molecule has 1 amide bonds. The minimum Gasteiger partial charge on any atom is -0.480 e. The van der Waals surface area contributed by atoms with Gasteiger partial charge in [-0.25, -0.2) is 9.59 Å². The van der Waals surface area contributed by atoms with E-state index in [2.05, 4.69) is 0 Å². The van der Waals surface area contributed by atoms with Crippen molar-refractivity contribution in [2.24, 2.45) is 0 Å². The monoisotopic (exact) mass is 356 g/mol. The highest BCUT2D eigenvalue weighted by Crippen LogP contribution is 2.31. The molecule has 2 aromatic carbocycles. The second kappa shape index (κ2) is 7.22. The molecule has 26 heavy (non-hydrogen) atoms. The molecule has 0 aliphatic carbocycles. The van der Waals surface area contributed by atoms with Crippen molar-refractivity contribution in [1.82, 2.24) is 4.90 Å². The number of hydrogen-bond acceptors (Lipinski definition) is 5. The molecule has 1 unspecified atom stereocenters. The Morgan fingerprint density at radius 3 is 2.58 bits per heavy atom. The molecule has 8 heteroatoms. The molecule has 1 aliphatic heterocycles. The number of carbonyl (C=O) groups is 2. The molecule has 3 rings (SSSR count). The van der Waals surface area contributed by atoms with Crippen LogP contribution in [0.1, 0.15) is 16.7 Å². The first-order valence-electron chi connectivity index (χ1n) is 7.92. The Bertz CT molecular complexity index is 852. The first-order chi connectivity index (χ1) is 12.5. The van der Waals surface area contributed by atoms with Gasteiger partial charge >= 0.3 is 12.1 Å². The number of carbonyl (C=O) groups excluding carboxylic acids is 1. The third-order valence-electron chi connectivity index (χ3n) is 4.28. The summed E-state index contributed by atoms with van der Waals surface area (Å²) in [7, 11) is 0.